The molecule has 84 valence electrons. The second-order valence-corrected chi connectivity index (χ2v) is 4.61. The highest BCUT2D eigenvalue weighted by Crippen LogP contribution is 2.28. The molecule has 6 heteroatoms. The Hall–Kier alpha value is -1.48. The van der Waals surface area contributed by atoms with Crippen molar-refractivity contribution in [2.75, 3.05) is 11.4 Å². The average molecular weight is 236 g/mol. The highest BCUT2D eigenvalue weighted by Gasteiger charge is 2.32. The fourth-order valence-electron chi connectivity index (χ4n) is 1.98. The molecule has 0 spiro atoms. The molecule has 1 fully saturated rings. The van der Waals surface area contributed by atoms with Crippen molar-refractivity contribution in [2.45, 2.75) is 18.6 Å². The van der Waals surface area contributed by atoms with Gasteiger partial charge in [0.2, 0.25) is 5.91 Å². The number of carbonyl (C=O) groups is 1. The van der Waals surface area contributed by atoms with E-state index in [4.69, 9.17) is 5.26 Å². The van der Waals surface area contributed by atoms with Gasteiger partial charge in [0.15, 0.2) is 5.82 Å². The molecule has 1 aromatic heterocycles. The van der Waals surface area contributed by atoms with Gasteiger partial charge in [-0.05, 0) is 6.92 Å². The van der Waals surface area contributed by atoms with E-state index in [1.165, 1.54) is 0 Å². The van der Waals surface area contributed by atoms with Crippen LogP contribution < -0.4 is 4.90 Å². The largest absolute Gasteiger partial charge is 0.295 e. The highest BCUT2D eigenvalue weighted by atomic mass is 32.1. The van der Waals surface area contributed by atoms with Crippen LogP contribution in [0, 0.1) is 18.3 Å². The van der Waals surface area contributed by atoms with Gasteiger partial charge in [-0.2, -0.15) is 23.0 Å². The Balaban J connectivity index is 2.49. The van der Waals surface area contributed by atoms with Gasteiger partial charge in [0.05, 0.1) is 5.69 Å². The third-order valence-electron chi connectivity index (χ3n) is 2.66. The minimum atomic E-state index is -0.000463. The Kier molecular flexibility index (Phi) is 2.64. The zero-order valence-electron chi connectivity index (χ0n) is 9.14. The standard InChI is InChI=1S/C10H12N4OS/c1-6-8(4-11)10(13(2)12-6)14-5-7(16)3-9(14)15/h7,16H,3,5H2,1-2H3. The molecule has 16 heavy (non-hydrogen) atoms. The molecule has 0 radical (unpaired) electrons. The van der Waals surface area contributed by atoms with Crippen molar-refractivity contribution in [3.8, 4) is 6.07 Å². The Morgan fingerprint density at radius 1 is 1.62 bits per heavy atom. The van der Waals surface area contributed by atoms with Gasteiger partial charge in [-0.15, -0.1) is 0 Å². The summed E-state index contributed by atoms with van der Waals surface area (Å²) in [5, 5.41) is 13.3. The zero-order valence-corrected chi connectivity index (χ0v) is 10.0. The van der Waals surface area contributed by atoms with E-state index in [2.05, 4.69) is 23.8 Å². The highest BCUT2D eigenvalue weighted by molar-refractivity contribution is 7.81. The van der Waals surface area contributed by atoms with E-state index in [1.54, 1.807) is 23.6 Å². The second-order valence-electron chi connectivity index (χ2n) is 3.88. The number of hydrogen-bond donors (Lipinski definition) is 1. The molecule has 1 aliphatic rings. The van der Waals surface area contributed by atoms with Crippen molar-refractivity contribution in [2.24, 2.45) is 7.05 Å². The van der Waals surface area contributed by atoms with E-state index in [1.807, 2.05) is 0 Å². The van der Waals surface area contributed by atoms with Crippen LogP contribution in [0.15, 0.2) is 0 Å². The lowest BCUT2D eigenvalue weighted by atomic mass is 10.2. The van der Waals surface area contributed by atoms with Gasteiger partial charge >= 0.3 is 0 Å². The molecule has 1 aliphatic heterocycles. The maximum atomic E-state index is 11.7. The van der Waals surface area contributed by atoms with E-state index in [0.717, 1.165) is 0 Å². The Bertz CT molecular complexity index is 488. The molecule has 0 aliphatic carbocycles. The topological polar surface area (TPSA) is 61.9 Å². The summed E-state index contributed by atoms with van der Waals surface area (Å²) in [6.45, 7) is 2.30. The van der Waals surface area contributed by atoms with Crippen LogP contribution in [0.25, 0.3) is 0 Å². The Morgan fingerprint density at radius 2 is 2.31 bits per heavy atom. The molecule has 1 aromatic rings. The summed E-state index contributed by atoms with van der Waals surface area (Å²) in [7, 11) is 1.74. The van der Waals surface area contributed by atoms with E-state index in [0.29, 0.717) is 30.0 Å². The van der Waals surface area contributed by atoms with Crippen molar-refractivity contribution in [1.82, 2.24) is 9.78 Å². The molecular formula is C10H12N4OS. The fourth-order valence-corrected chi connectivity index (χ4v) is 2.30. The Morgan fingerprint density at radius 3 is 2.81 bits per heavy atom. The summed E-state index contributed by atoms with van der Waals surface area (Å²) in [5.41, 5.74) is 1.12. The zero-order chi connectivity index (χ0) is 11.9. The fraction of sp³-hybridized carbons (Fsp3) is 0.500. The molecule has 1 unspecified atom stereocenters. The molecule has 2 heterocycles. The minimum absolute atomic E-state index is 0.000463. The lowest BCUT2D eigenvalue weighted by molar-refractivity contribution is -0.117. The van der Waals surface area contributed by atoms with Gasteiger partial charge in [0.1, 0.15) is 11.6 Å². The number of anilines is 1. The number of carbonyl (C=O) groups excluding carboxylic acids is 1. The van der Waals surface area contributed by atoms with Gasteiger partial charge in [0.25, 0.3) is 0 Å². The number of thiol groups is 1. The summed E-state index contributed by atoms with van der Waals surface area (Å²) in [6.07, 6.45) is 0.415. The van der Waals surface area contributed by atoms with Crippen LogP contribution in [-0.2, 0) is 11.8 Å². The maximum absolute atomic E-state index is 11.7. The van der Waals surface area contributed by atoms with Crippen molar-refractivity contribution in [1.29, 1.82) is 5.26 Å². The smallest absolute Gasteiger partial charge is 0.229 e. The average Bonchev–Trinajstić information content (AvgIpc) is 2.66. The number of nitrogens with zero attached hydrogens (tertiary/aromatic N) is 4. The minimum Gasteiger partial charge on any atom is -0.295 e. The van der Waals surface area contributed by atoms with E-state index >= 15 is 0 Å². The van der Waals surface area contributed by atoms with E-state index < -0.39 is 0 Å². The molecule has 0 saturated carbocycles. The van der Waals surface area contributed by atoms with Crippen molar-refractivity contribution >= 4 is 24.4 Å². The van der Waals surface area contributed by atoms with Crippen LogP contribution in [0.4, 0.5) is 5.82 Å². The number of aromatic nitrogens is 2. The lowest BCUT2D eigenvalue weighted by Gasteiger charge is -2.16. The maximum Gasteiger partial charge on any atom is 0.229 e. The number of amides is 1. The first-order chi connectivity index (χ1) is 7.54. The van der Waals surface area contributed by atoms with Crippen molar-refractivity contribution < 1.29 is 4.79 Å². The second kappa shape index (κ2) is 3.83. The number of hydrogen-bond acceptors (Lipinski definition) is 4. The predicted octanol–water partition coefficient (Wildman–Crippen LogP) is 0.635. The quantitative estimate of drug-likeness (QED) is 0.728. The van der Waals surface area contributed by atoms with Crippen LogP contribution in [0.1, 0.15) is 17.7 Å². The molecule has 0 aromatic carbocycles. The van der Waals surface area contributed by atoms with Crippen LogP contribution in [0.2, 0.25) is 0 Å². The summed E-state index contributed by atoms with van der Waals surface area (Å²) in [6, 6.07) is 2.09. The van der Waals surface area contributed by atoms with Crippen molar-refractivity contribution in [3.63, 3.8) is 0 Å². The van der Waals surface area contributed by atoms with Crippen LogP contribution in [0.5, 0.6) is 0 Å². The molecule has 1 amide bonds. The van der Waals surface area contributed by atoms with Gasteiger partial charge in [-0.1, -0.05) is 0 Å². The lowest BCUT2D eigenvalue weighted by Crippen LogP contribution is -2.27. The van der Waals surface area contributed by atoms with E-state index in [-0.39, 0.29) is 11.2 Å². The normalized spacial score (nSPS) is 20.2. The number of aryl methyl sites for hydroxylation is 2. The van der Waals surface area contributed by atoms with E-state index in [9.17, 15) is 4.79 Å². The van der Waals surface area contributed by atoms with Gasteiger partial charge in [-0.25, -0.2) is 0 Å². The van der Waals surface area contributed by atoms with Gasteiger partial charge < -0.3 is 0 Å². The molecule has 2 rings (SSSR count). The van der Waals surface area contributed by atoms with Crippen LogP contribution >= 0.6 is 12.6 Å². The SMILES string of the molecule is Cc1nn(C)c(N2CC(S)CC2=O)c1C#N. The molecule has 1 saturated heterocycles. The van der Waals surface area contributed by atoms with Gasteiger partial charge in [0, 0.05) is 25.3 Å². The number of nitriles is 1. The third kappa shape index (κ3) is 1.57. The summed E-state index contributed by atoms with van der Waals surface area (Å²) in [4.78, 5) is 13.3. The molecule has 1 atom stereocenters. The molecular weight excluding hydrogens is 224 g/mol. The van der Waals surface area contributed by atoms with Crippen molar-refractivity contribution in [3.05, 3.63) is 11.3 Å². The first kappa shape index (κ1) is 11.0. The van der Waals surface area contributed by atoms with Crippen LogP contribution in [0.3, 0.4) is 0 Å². The molecule has 5 nitrogen and oxygen atoms in total. The monoisotopic (exact) mass is 236 g/mol. The van der Waals surface area contributed by atoms with Gasteiger partial charge in [-0.3, -0.25) is 14.4 Å². The molecule has 0 N–H and O–H groups in total. The summed E-state index contributed by atoms with van der Waals surface area (Å²) < 4.78 is 1.58. The third-order valence-corrected chi connectivity index (χ3v) is 3.01. The summed E-state index contributed by atoms with van der Waals surface area (Å²) in [5.74, 6) is 0.584. The Labute approximate surface area is 99.1 Å². The summed E-state index contributed by atoms with van der Waals surface area (Å²) >= 11 is 4.29. The number of rotatable bonds is 1. The first-order valence-electron chi connectivity index (χ1n) is 4.96. The molecule has 0 bridgehead atoms. The van der Waals surface area contributed by atoms with Crippen LogP contribution in [-0.4, -0.2) is 27.5 Å². The first-order valence-corrected chi connectivity index (χ1v) is 5.48. The predicted molar refractivity (Wildman–Crippen MR) is 62.4 cm³/mol.